The lowest BCUT2D eigenvalue weighted by atomic mass is 9.86. The molecule has 1 fully saturated rings. The minimum absolute atomic E-state index is 0.0951. The fourth-order valence-corrected chi connectivity index (χ4v) is 5.31. The summed E-state index contributed by atoms with van der Waals surface area (Å²) in [5, 5.41) is 3.29. The molecule has 0 radical (unpaired) electrons. The van der Waals surface area contributed by atoms with Crippen molar-refractivity contribution in [1.29, 1.82) is 0 Å². The summed E-state index contributed by atoms with van der Waals surface area (Å²) in [6.45, 7) is 7.41. The van der Waals surface area contributed by atoms with Crippen molar-refractivity contribution in [1.82, 2.24) is 14.8 Å². The van der Waals surface area contributed by atoms with Crippen LogP contribution in [0.4, 0.5) is 0 Å². The topological polar surface area (TPSA) is 76.7 Å². The summed E-state index contributed by atoms with van der Waals surface area (Å²) in [5.74, 6) is 1.23. The maximum Gasteiger partial charge on any atom is 0.271 e. The number of rotatable bonds is 6. The van der Waals surface area contributed by atoms with Crippen LogP contribution in [0.15, 0.2) is 47.1 Å². The number of carbonyl (C=O) groups excluding carboxylic acids is 2. The average Bonchev–Trinajstić information content (AvgIpc) is 3.42. The molecule has 0 saturated heterocycles. The number of hydrogen-bond donors (Lipinski definition) is 1. The molecule has 1 aromatic carbocycles. The van der Waals surface area contributed by atoms with Gasteiger partial charge in [0.15, 0.2) is 5.58 Å². The molecule has 2 aliphatic rings. The monoisotopic (exact) mass is 463 g/mol. The molecule has 34 heavy (non-hydrogen) atoms. The quantitative estimate of drug-likeness (QED) is 0.573. The number of furan rings is 1. The van der Waals surface area contributed by atoms with E-state index < -0.39 is 5.54 Å². The second-order valence-corrected chi connectivity index (χ2v) is 9.96. The van der Waals surface area contributed by atoms with Crippen LogP contribution in [0.25, 0.3) is 11.1 Å². The van der Waals surface area contributed by atoms with E-state index in [9.17, 15) is 9.59 Å². The van der Waals surface area contributed by atoms with Crippen LogP contribution in [-0.2, 0) is 17.9 Å². The summed E-state index contributed by atoms with van der Waals surface area (Å²) >= 11 is 0. The van der Waals surface area contributed by atoms with E-state index >= 15 is 0 Å². The van der Waals surface area contributed by atoms with Gasteiger partial charge in [0, 0.05) is 24.7 Å². The van der Waals surface area contributed by atoms with Crippen molar-refractivity contribution in [3.63, 3.8) is 0 Å². The van der Waals surface area contributed by atoms with Crippen LogP contribution in [-0.4, -0.2) is 39.5 Å². The van der Waals surface area contributed by atoms with Crippen molar-refractivity contribution < 1.29 is 18.7 Å². The molecule has 180 valence electrons. The first-order valence-corrected chi connectivity index (χ1v) is 12.3. The number of fused-ring (bicyclic) bond motifs is 3. The van der Waals surface area contributed by atoms with E-state index in [0.717, 1.165) is 42.5 Å². The molecule has 0 unspecified atom stereocenters. The van der Waals surface area contributed by atoms with Crippen LogP contribution >= 0.6 is 0 Å². The zero-order valence-electron chi connectivity index (χ0n) is 20.2. The first kappa shape index (κ1) is 22.6. The number of aromatic nitrogens is 1. The molecule has 0 spiro atoms. The molecule has 1 aliphatic heterocycles. The van der Waals surface area contributed by atoms with Crippen LogP contribution in [0.5, 0.6) is 5.75 Å². The number of nitrogens with zero attached hydrogens (tertiary/aromatic N) is 2. The van der Waals surface area contributed by atoms with Gasteiger partial charge in [-0.15, -0.1) is 0 Å². The SMILES string of the molecule is CCOc1ccc(CN2C(=O)c3cc4occc4n3C[C@]2(C)C(=O)NC2CCC(C)CC2)cc1. The second-order valence-electron chi connectivity index (χ2n) is 9.96. The first-order valence-electron chi connectivity index (χ1n) is 12.3. The Hall–Kier alpha value is -3.22. The normalized spacial score (nSPS) is 24.8. The van der Waals surface area contributed by atoms with E-state index in [1.54, 1.807) is 17.2 Å². The maximum absolute atomic E-state index is 13.8. The predicted molar refractivity (Wildman–Crippen MR) is 130 cm³/mol. The molecule has 1 N–H and O–H groups in total. The van der Waals surface area contributed by atoms with Crippen LogP contribution in [0.1, 0.15) is 62.5 Å². The summed E-state index contributed by atoms with van der Waals surface area (Å²) in [6.07, 6.45) is 5.82. The van der Waals surface area contributed by atoms with Gasteiger partial charge in [0.2, 0.25) is 5.91 Å². The summed E-state index contributed by atoms with van der Waals surface area (Å²) in [7, 11) is 0. The third kappa shape index (κ3) is 3.97. The van der Waals surface area contributed by atoms with Gasteiger partial charge in [-0.25, -0.2) is 0 Å². The molecule has 2 amide bonds. The lowest BCUT2D eigenvalue weighted by Gasteiger charge is -2.45. The molecule has 2 aromatic heterocycles. The largest absolute Gasteiger partial charge is 0.494 e. The maximum atomic E-state index is 13.8. The number of nitrogens with one attached hydrogen (secondary N) is 1. The number of ether oxygens (including phenoxy) is 1. The first-order chi connectivity index (χ1) is 16.4. The van der Waals surface area contributed by atoms with Crippen molar-refractivity contribution in [2.45, 2.75) is 71.1 Å². The van der Waals surface area contributed by atoms with Gasteiger partial charge in [-0.3, -0.25) is 9.59 Å². The Morgan fingerprint density at radius 1 is 1.18 bits per heavy atom. The van der Waals surface area contributed by atoms with Crippen molar-refractivity contribution in [3.8, 4) is 5.75 Å². The Morgan fingerprint density at radius 2 is 1.91 bits per heavy atom. The molecular weight excluding hydrogens is 430 g/mol. The van der Waals surface area contributed by atoms with Crippen molar-refractivity contribution in [3.05, 3.63) is 53.9 Å². The molecule has 3 aromatic rings. The minimum atomic E-state index is -1.03. The smallest absolute Gasteiger partial charge is 0.271 e. The van der Waals surface area contributed by atoms with Crippen LogP contribution < -0.4 is 10.1 Å². The van der Waals surface area contributed by atoms with E-state index in [0.29, 0.717) is 36.9 Å². The van der Waals surface area contributed by atoms with Crippen molar-refractivity contribution in [2.75, 3.05) is 6.61 Å². The number of carbonyl (C=O) groups is 2. The summed E-state index contributed by atoms with van der Waals surface area (Å²) in [4.78, 5) is 29.3. The summed E-state index contributed by atoms with van der Waals surface area (Å²) in [6, 6.07) is 11.5. The van der Waals surface area contributed by atoms with Gasteiger partial charge in [-0.05, 0) is 63.1 Å². The highest BCUT2D eigenvalue weighted by molar-refractivity contribution is 6.02. The molecule has 1 saturated carbocycles. The average molecular weight is 464 g/mol. The number of benzene rings is 1. The zero-order chi connectivity index (χ0) is 23.9. The highest BCUT2D eigenvalue weighted by Crippen LogP contribution is 2.34. The Kier molecular flexibility index (Phi) is 5.88. The molecule has 0 bridgehead atoms. The molecular formula is C27H33N3O4. The predicted octanol–water partition coefficient (Wildman–Crippen LogP) is 4.74. The standard InChI is InChI=1S/C27H33N3O4/c1-4-33-21-11-7-19(8-12-21)16-30-25(31)23-15-24-22(13-14-34-24)29(23)17-27(30,3)26(32)28-20-9-5-18(2)6-10-20/h7-8,11-15,18,20H,4-6,9-10,16-17H2,1-3H3,(H,28,32)/t18?,20?,27-/m1/s1. The van der Waals surface area contributed by atoms with Gasteiger partial charge in [0.05, 0.1) is 24.9 Å². The molecule has 1 aliphatic carbocycles. The highest BCUT2D eigenvalue weighted by atomic mass is 16.5. The van der Waals surface area contributed by atoms with Gasteiger partial charge in [0.25, 0.3) is 5.91 Å². The van der Waals surface area contributed by atoms with E-state index in [4.69, 9.17) is 9.15 Å². The number of amides is 2. The molecule has 7 nitrogen and oxygen atoms in total. The fourth-order valence-electron chi connectivity index (χ4n) is 5.31. The van der Waals surface area contributed by atoms with Gasteiger partial charge >= 0.3 is 0 Å². The van der Waals surface area contributed by atoms with Gasteiger partial charge in [0.1, 0.15) is 17.0 Å². The van der Waals surface area contributed by atoms with Gasteiger partial charge in [-0.2, -0.15) is 0 Å². The summed E-state index contributed by atoms with van der Waals surface area (Å²) in [5.41, 5.74) is 1.97. The van der Waals surface area contributed by atoms with Crippen molar-refractivity contribution in [2.24, 2.45) is 5.92 Å². The third-order valence-electron chi connectivity index (χ3n) is 7.46. The Morgan fingerprint density at radius 3 is 2.62 bits per heavy atom. The fraction of sp³-hybridized carbons (Fsp3) is 0.481. The molecule has 3 heterocycles. The summed E-state index contributed by atoms with van der Waals surface area (Å²) < 4.78 is 13.0. The molecule has 1 atom stereocenters. The van der Waals surface area contributed by atoms with Gasteiger partial charge in [-0.1, -0.05) is 19.1 Å². The Balaban J connectivity index is 1.47. The minimum Gasteiger partial charge on any atom is -0.494 e. The second kappa shape index (κ2) is 8.85. The van der Waals surface area contributed by atoms with E-state index in [1.807, 2.05) is 48.7 Å². The highest BCUT2D eigenvalue weighted by Gasteiger charge is 2.48. The third-order valence-corrected chi connectivity index (χ3v) is 7.46. The van der Waals surface area contributed by atoms with Crippen molar-refractivity contribution >= 4 is 22.9 Å². The van der Waals surface area contributed by atoms with E-state index in [1.165, 1.54) is 0 Å². The number of hydrogen-bond acceptors (Lipinski definition) is 4. The Bertz CT molecular complexity index is 1190. The Labute approximate surface area is 200 Å². The van der Waals surface area contributed by atoms with Crippen LogP contribution in [0, 0.1) is 5.92 Å². The van der Waals surface area contributed by atoms with Gasteiger partial charge < -0.3 is 23.9 Å². The van der Waals surface area contributed by atoms with E-state index in [-0.39, 0.29) is 17.9 Å². The zero-order valence-corrected chi connectivity index (χ0v) is 20.2. The van der Waals surface area contributed by atoms with Crippen LogP contribution in [0.3, 0.4) is 0 Å². The van der Waals surface area contributed by atoms with E-state index in [2.05, 4.69) is 12.2 Å². The van der Waals surface area contributed by atoms with Crippen LogP contribution in [0.2, 0.25) is 0 Å². The molecule has 5 rings (SSSR count). The molecule has 7 heteroatoms. The lowest BCUT2D eigenvalue weighted by Crippen LogP contribution is -2.64. The lowest BCUT2D eigenvalue weighted by molar-refractivity contribution is -0.134.